The molecule has 1 N–H and O–H groups in total. The molecular weight excluding hydrogens is 326 g/mol. The lowest BCUT2D eigenvalue weighted by Crippen LogP contribution is -2.09. The quantitative estimate of drug-likeness (QED) is 0.641. The van der Waals surface area contributed by atoms with Gasteiger partial charge in [0.05, 0.1) is 16.2 Å². The van der Waals surface area contributed by atoms with E-state index in [2.05, 4.69) is 15.0 Å². The second kappa shape index (κ2) is 4.89. The Bertz CT molecular complexity index is 827. The summed E-state index contributed by atoms with van der Waals surface area (Å²) in [6.07, 6.45) is -2.49. The zero-order chi connectivity index (χ0) is 15.2. The number of para-hydroxylation sites is 1. The number of fused-ring (bicyclic) bond motifs is 1. The Kier molecular flexibility index (Phi) is 3.30. The molecule has 0 aliphatic carbocycles. The number of halogens is 5. The Labute approximate surface area is 126 Å². The summed E-state index contributed by atoms with van der Waals surface area (Å²) in [6.45, 7) is 0. The minimum absolute atomic E-state index is 0.255. The highest BCUT2D eigenvalue weighted by molar-refractivity contribution is 6.35. The number of alkyl halides is 3. The first-order valence-corrected chi connectivity index (χ1v) is 6.49. The summed E-state index contributed by atoms with van der Waals surface area (Å²) in [5.41, 5.74) is -0.426. The minimum Gasteiger partial charge on any atom is -0.359 e. The van der Waals surface area contributed by atoms with E-state index in [0.29, 0.717) is 22.1 Å². The minimum atomic E-state index is -4.58. The maximum atomic E-state index is 13.1. The first-order chi connectivity index (χ1) is 9.88. The van der Waals surface area contributed by atoms with Gasteiger partial charge in [0.15, 0.2) is 0 Å². The fourth-order valence-corrected chi connectivity index (χ4v) is 2.45. The van der Waals surface area contributed by atoms with Crippen LogP contribution in [0, 0.1) is 0 Å². The monoisotopic (exact) mass is 331 g/mol. The van der Waals surface area contributed by atoms with Crippen LogP contribution >= 0.6 is 23.2 Å². The number of aromatic amines is 1. The number of nitrogens with zero attached hydrogens (tertiary/aromatic N) is 2. The molecule has 3 aromatic rings. The van der Waals surface area contributed by atoms with Gasteiger partial charge in [-0.2, -0.15) is 13.2 Å². The normalized spacial score (nSPS) is 12.0. The highest BCUT2D eigenvalue weighted by Gasteiger charge is 2.36. The number of rotatable bonds is 1. The van der Waals surface area contributed by atoms with Gasteiger partial charge in [0.2, 0.25) is 5.28 Å². The molecule has 3 nitrogen and oxygen atoms in total. The third-order valence-electron chi connectivity index (χ3n) is 2.98. The Balaban J connectivity index is 2.33. The van der Waals surface area contributed by atoms with Gasteiger partial charge in [0.1, 0.15) is 5.56 Å². The van der Waals surface area contributed by atoms with E-state index in [1.165, 1.54) is 6.20 Å². The molecule has 0 unspecified atom stereocenters. The van der Waals surface area contributed by atoms with Gasteiger partial charge in [-0.25, -0.2) is 9.97 Å². The molecule has 0 atom stereocenters. The van der Waals surface area contributed by atoms with E-state index in [4.69, 9.17) is 23.2 Å². The molecule has 0 amide bonds. The van der Waals surface area contributed by atoms with Crippen LogP contribution in [0.25, 0.3) is 22.2 Å². The first kappa shape index (κ1) is 14.2. The van der Waals surface area contributed by atoms with Crippen LogP contribution in [0.15, 0.2) is 30.6 Å². The molecule has 2 heterocycles. The van der Waals surface area contributed by atoms with Gasteiger partial charge in [-0.05, 0) is 17.7 Å². The van der Waals surface area contributed by atoms with E-state index in [1.807, 2.05) is 0 Å². The predicted molar refractivity (Wildman–Crippen MR) is 74.3 cm³/mol. The van der Waals surface area contributed by atoms with Crippen molar-refractivity contribution in [2.45, 2.75) is 6.18 Å². The number of benzene rings is 1. The van der Waals surface area contributed by atoms with Crippen LogP contribution in [0.5, 0.6) is 0 Å². The van der Waals surface area contributed by atoms with Crippen LogP contribution in [0.2, 0.25) is 10.3 Å². The standard InChI is InChI=1S/C13H6Cl2F3N3/c14-9-3-1-2-6-7(4-19-11(6)9)10-8(13(16,17)18)5-20-12(15)21-10/h1-5,19H. The van der Waals surface area contributed by atoms with Crippen LogP contribution in [-0.4, -0.2) is 15.0 Å². The zero-order valence-corrected chi connectivity index (χ0v) is 11.7. The Morgan fingerprint density at radius 3 is 2.62 bits per heavy atom. The molecule has 0 bridgehead atoms. The molecule has 0 fully saturated rings. The maximum Gasteiger partial charge on any atom is 0.419 e. The lowest BCUT2D eigenvalue weighted by atomic mass is 10.1. The smallest absolute Gasteiger partial charge is 0.359 e. The molecule has 0 aliphatic heterocycles. The summed E-state index contributed by atoms with van der Waals surface area (Å²) in [5, 5.41) is 0.685. The fraction of sp³-hybridized carbons (Fsp3) is 0.0769. The first-order valence-electron chi connectivity index (χ1n) is 5.73. The van der Waals surface area contributed by atoms with E-state index >= 15 is 0 Å². The van der Waals surface area contributed by atoms with Crippen LogP contribution in [-0.2, 0) is 6.18 Å². The Morgan fingerprint density at radius 2 is 1.90 bits per heavy atom. The van der Waals surface area contributed by atoms with E-state index in [1.54, 1.807) is 18.2 Å². The summed E-state index contributed by atoms with van der Waals surface area (Å²) in [4.78, 5) is 10.00. The van der Waals surface area contributed by atoms with Crippen molar-refractivity contribution in [3.63, 3.8) is 0 Å². The van der Waals surface area contributed by atoms with Crippen LogP contribution in [0.3, 0.4) is 0 Å². The summed E-state index contributed by atoms with van der Waals surface area (Å²) in [6, 6.07) is 4.95. The predicted octanol–water partition coefficient (Wildman–Crippen LogP) is 4.95. The number of hydrogen-bond donors (Lipinski definition) is 1. The van der Waals surface area contributed by atoms with Crippen molar-refractivity contribution < 1.29 is 13.2 Å². The van der Waals surface area contributed by atoms with Crippen LogP contribution < -0.4 is 0 Å². The number of aromatic nitrogens is 3. The molecule has 2 aromatic heterocycles. The van der Waals surface area contributed by atoms with Crippen LogP contribution in [0.1, 0.15) is 5.56 Å². The van der Waals surface area contributed by atoms with Crippen molar-refractivity contribution >= 4 is 34.1 Å². The third-order valence-corrected chi connectivity index (χ3v) is 3.48. The van der Waals surface area contributed by atoms with Crippen molar-refractivity contribution in [2.75, 3.05) is 0 Å². The Hall–Kier alpha value is -1.79. The number of H-pyrrole nitrogens is 1. The van der Waals surface area contributed by atoms with Crippen molar-refractivity contribution in [1.82, 2.24) is 15.0 Å². The molecular formula is C13H6Cl2F3N3. The third kappa shape index (κ3) is 2.45. The zero-order valence-electron chi connectivity index (χ0n) is 10.2. The molecule has 3 rings (SSSR count). The summed E-state index contributed by atoms with van der Waals surface area (Å²) in [7, 11) is 0. The molecule has 0 spiro atoms. The van der Waals surface area contributed by atoms with E-state index in [0.717, 1.165) is 0 Å². The van der Waals surface area contributed by atoms with E-state index in [9.17, 15) is 13.2 Å². The number of nitrogens with one attached hydrogen (secondary N) is 1. The van der Waals surface area contributed by atoms with Gasteiger partial charge in [0, 0.05) is 23.3 Å². The van der Waals surface area contributed by atoms with Gasteiger partial charge in [-0.3, -0.25) is 0 Å². The molecule has 21 heavy (non-hydrogen) atoms. The molecule has 108 valence electrons. The van der Waals surface area contributed by atoms with Gasteiger partial charge in [0.25, 0.3) is 0 Å². The van der Waals surface area contributed by atoms with Crippen molar-refractivity contribution in [3.8, 4) is 11.3 Å². The second-order valence-electron chi connectivity index (χ2n) is 4.26. The summed E-state index contributed by atoms with van der Waals surface area (Å²) < 4.78 is 39.3. The summed E-state index contributed by atoms with van der Waals surface area (Å²) >= 11 is 11.6. The van der Waals surface area contributed by atoms with E-state index < -0.39 is 11.7 Å². The maximum absolute atomic E-state index is 13.1. The molecule has 1 aromatic carbocycles. The highest BCUT2D eigenvalue weighted by atomic mass is 35.5. The van der Waals surface area contributed by atoms with Crippen molar-refractivity contribution in [1.29, 1.82) is 0 Å². The molecule has 0 aliphatic rings. The fourth-order valence-electron chi connectivity index (χ4n) is 2.09. The van der Waals surface area contributed by atoms with Crippen molar-refractivity contribution in [2.24, 2.45) is 0 Å². The van der Waals surface area contributed by atoms with E-state index in [-0.39, 0.29) is 16.5 Å². The van der Waals surface area contributed by atoms with Gasteiger partial charge in [-0.1, -0.05) is 23.7 Å². The Morgan fingerprint density at radius 1 is 1.14 bits per heavy atom. The lowest BCUT2D eigenvalue weighted by molar-refractivity contribution is -0.137. The largest absolute Gasteiger partial charge is 0.419 e. The van der Waals surface area contributed by atoms with Gasteiger partial charge in [-0.15, -0.1) is 0 Å². The average molecular weight is 332 g/mol. The number of hydrogen-bond acceptors (Lipinski definition) is 2. The lowest BCUT2D eigenvalue weighted by Gasteiger charge is -2.11. The summed E-state index contributed by atoms with van der Waals surface area (Å²) in [5.74, 6) is 0. The molecule has 8 heteroatoms. The molecule has 0 radical (unpaired) electrons. The SMILES string of the molecule is FC(F)(F)c1cnc(Cl)nc1-c1c[nH]c2c(Cl)cccc12. The van der Waals surface area contributed by atoms with Gasteiger partial charge >= 0.3 is 6.18 Å². The van der Waals surface area contributed by atoms with Crippen LogP contribution in [0.4, 0.5) is 13.2 Å². The van der Waals surface area contributed by atoms with Gasteiger partial charge < -0.3 is 4.98 Å². The molecule has 0 saturated carbocycles. The topological polar surface area (TPSA) is 41.6 Å². The van der Waals surface area contributed by atoms with Crippen molar-refractivity contribution in [3.05, 3.63) is 46.5 Å². The molecule has 0 saturated heterocycles. The highest BCUT2D eigenvalue weighted by Crippen LogP contribution is 2.39. The average Bonchev–Trinajstić information content (AvgIpc) is 2.82. The second-order valence-corrected chi connectivity index (χ2v) is 5.01.